The Morgan fingerprint density at radius 3 is 3.05 bits per heavy atom. The Bertz CT molecular complexity index is 336. The van der Waals surface area contributed by atoms with E-state index in [1.54, 1.807) is 0 Å². The highest BCUT2D eigenvalue weighted by Crippen LogP contribution is 2.15. The monoisotopic (exact) mass is 262 g/mol. The van der Waals surface area contributed by atoms with E-state index in [4.69, 9.17) is 4.74 Å². The first-order chi connectivity index (χ1) is 9.34. The van der Waals surface area contributed by atoms with Crippen LogP contribution in [0, 0.1) is 0 Å². The van der Waals surface area contributed by atoms with E-state index in [0.29, 0.717) is 6.10 Å². The zero-order chi connectivity index (χ0) is 13.3. The maximum Gasteiger partial charge on any atom is 0.0587 e. The minimum atomic E-state index is 0.509. The Kier molecular flexibility index (Phi) is 6.31. The number of hydrogen-bond acceptors (Lipinski definition) is 3. The molecule has 19 heavy (non-hydrogen) atoms. The smallest absolute Gasteiger partial charge is 0.0587 e. The summed E-state index contributed by atoms with van der Waals surface area (Å²) in [5.41, 5.74) is 1.34. The lowest BCUT2D eigenvalue weighted by Gasteiger charge is -2.25. The Balaban J connectivity index is 1.55. The van der Waals surface area contributed by atoms with Crippen LogP contribution in [0.4, 0.5) is 0 Å². The lowest BCUT2D eigenvalue weighted by molar-refractivity contribution is 0.00672. The molecule has 0 spiro atoms. The number of ether oxygens (including phenoxy) is 1. The molecule has 0 amide bonds. The molecule has 0 saturated carbocycles. The van der Waals surface area contributed by atoms with Crippen LogP contribution in [0.3, 0.4) is 0 Å². The van der Waals surface area contributed by atoms with Crippen LogP contribution in [-0.2, 0) is 11.2 Å². The lowest BCUT2D eigenvalue weighted by atomic mass is 10.1. The molecule has 3 heteroatoms. The number of hydrogen-bond donors (Lipinski definition) is 0. The van der Waals surface area contributed by atoms with Gasteiger partial charge in [0.05, 0.1) is 6.10 Å². The Morgan fingerprint density at radius 1 is 1.37 bits per heavy atom. The van der Waals surface area contributed by atoms with E-state index in [1.165, 1.54) is 37.7 Å². The fourth-order valence-electron chi connectivity index (χ4n) is 2.61. The number of nitrogens with zero attached hydrogens (tertiary/aromatic N) is 2. The molecule has 1 fully saturated rings. The molecular weight excluding hydrogens is 236 g/mol. The minimum Gasteiger partial charge on any atom is -0.378 e. The van der Waals surface area contributed by atoms with Crippen LogP contribution in [0.1, 0.15) is 37.7 Å². The van der Waals surface area contributed by atoms with Gasteiger partial charge in [0.2, 0.25) is 0 Å². The third-order valence-electron chi connectivity index (χ3n) is 3.83. The van der Waals surface area contributed by atoms with Crippen LogP contribution in [0.2, 0.25) is 0 Å². The molecule has 2 heterocycles. The predicted molar refractivity (Wildman–Crippen MR) is 78.3 cm³/mol. The molecule has 106 valence electrons. The van der Waals surface area contributed by atoms with Gasteiger partial charge in [-0.15, -0.1) is 0 Å². The standard InChI is InChI=1S/C16H26N2O/c1-18(12-9-16-8-2-3-13-19-16)11-5-7-15-6-4-10-17-14-15/h4,6,10,14,16H,2-3,5,7-9,11-13H2,1H3/t16-/m0/s1. The Labute approximate surface area is 117 Å². The van der Waals surface area contributed by atoms with Crippen LogP contribution in [0.25, 0.3) is 0 Å². The van der Waals surface area contributed by atoms with Crippen molar-refractivity contribution in [3.8, 4) is 0 Å². The van der Waals surface area contributed by atoms with Gasteiger partial charge in [-0.25, -0.2) is 0 Å². The molecule has 2 rings (SSSR count). The summed E-state index contributed by atoms with van der Waals surface area (Å²) in [5, 5.41) is 0. The van der Waals surface area contributed by atoms with E-state index in [0.717, 1.165) is 26.1 Å². The molecule has 3 nitrogen and oxygen atoms in total. The highest BCUT2D eigenvalue weighted by Gasteiger charge is 2.13. The molecule has 1 aliphatic heterocycles. The largest absolute Gasteiger partial charge is 0.378 e. The summed E-state index contributed by atoms with van der Waals surface area (Å²) in [7, 11) is 2.21. The molecule has 1 aromatic rings. The second kappa shape index (κ2) is 8.28. The van der Waals surface area contributed by atoms with Gasteiger partial charge in [-0.2, -0.15) is 0 Å². The van der Waals surface area contributed by atoms with Crippen LogP contribution in [0.5, 0.6) is 0 Å². The van der Waals surface area contributed by atoms with Gasteiger partial charge in [-0.05, 0) is 63.7 Å². The van der Waals surface area contributed by atoms with Gasteiger partial charge in [0, 0.05) is 25.5 Å². The van der Waals surface area contributed by atoms with Gasteiger partial charge in [-0.3, -0.25) is 4.98 Å². The summed E-state index contributed by atoms with van der Waals surface area (Å²) in [6.45, 7) is 3.27. The first-order valence-corrected chi connectivity index (χ1v) is 7.53. The quantitative estimate of drug-likeness (QED) is 0.755. The summed E-state index contributed by atoms with van der Waals surface area (Å²) < 4.78 is 5.77. The van der Waals surface area contributed by atoms with Gasteiger partial charge >= 0.3 is 0 Å². The molecule has 1 atom stereocenters. The summed E-state index contributed by atoms with van der Waals surface area (Å²) in [6.07, 6.45) is 11.7. The number of aromatic nitrogens is 1. The normalized spacial score (nSPS) is 19.8. The second-order valence-electron chi connectivity index (χ2n) is 5.55. The van der Waals surface area contributed by atoms with Crippen molar-refractivity contribution in [2.24, 2.45) is 0 Å². The molecular formula is C16H26N2O. The fourth-order valence-corrected chi connectivity index (χ4v) is 2.61. The summed E-state index contributed by atoms with van der Waals surface area (Å²) >= 11 is 0. The molecule has 1 aromatic heterocycles. The zero-order valence-electron chi connectivity index (χ0n) is 12.1. The van der Waals surface area contributed by atoms with Gasteiger partial charge in [-0.1, -0.05) is 6.07 Å². The topological polar surface area (TPSA) is 25.4 Å². The van der Waals surface area contributed by atoms with Crippen LogP contribution in [-0.4, -0.2) is 42.7 Å². The third-order valence-corrected chi connectivity index (χ3v) is 3.83. The van der Waals surface area contributed by atoms with Gasteiger partial charge in [0.15, 0.2) is 0 Å². The average Bonchev–Trinajstić information content (AvgIpc) is 2.47. The fraction of sp³-hybridized carbons (Fsp3) is 0.688. The summed E-state index contributed by atoms with van der Waals surface area (Å²) in [6, 6.07) is 4.17. The predicted octanol–water partition coefficient (Wildman–Crippen LogP) is 2.91. The third kappa shape index (κ3) is 5.70. The van der Waals surface area contributed by atoms with Crippen LogP contribution >= 0.6 is 0 Å². The molecule has 0 N–H and O–H groups in total. The van der Waals surface area contributed by atoms with Crippen molar-refractivity contribution >= 4 is 0 Å². The van der Waals surface area contributed by atoms with Crippen molar-refractivity contribution in [1.82, 2.24) is 9.88 Å². The summed E-state index contributed by atoms with van der Waals surface area (Å²) in [5.74, 6) is 0. The number of rotatable bonds is 7. The highest BCUT2D eigenvalue weighted by atomic mass is 16.5. The van der Waals surface area contributed by atoms with Crippen LogP contribution < -0.4 is 0 Å². The molecule has 0 radical (unpaired) electrons. The van der Waals surface area contributed by atoms with Gasteiger partial charge in [0.25, 0.3) is 0 Å². The summed E-state index contributed by atoms with van der Waals surface area (Å²) in [4.78, 5) is 6.57. The molecule has 0 unspecified atom stereocenters. The van der Waals surface area contributed by atoms with Crippen molar-refractivity contribution in [3.05, 3.63) is 30.1 Å². The van der Waals surface area contributed by atoms with E-state index in [-0.39, 0.29) is 0 Å². The first-order valence-electron chi connectivity index (χ1n) is 7.53. The highest BCUT2D eigenvalue weighted by molar-refractivity contribution is 5.08. The van der Waals surface area contributed by atoms with E-state index in [1.807, 2.05) is 18.5 Å². The maximum absolute atomic E-state index is 5.77. The van der Waals surface area contributed by atoms with Crippen LogP contribution in [0.15, 0.2) is 24.5 Å². The zero-order valence-corrected chi connectivity index (χ0v) is 12.1. The van der Waals surface area contributed by atoms with Crippen molar-refractivity contribution in [2.75, 3.05) is 26.7 Å². The minimum absolute atomic E-state index is 0.509. The van der Waals surface area contributed by atoms with Gasteiger partial charge < -0.3 is 9.64 Å². The average molecular weight is 262 g/mol. The van der Waals surface area contributed by atoms with E-state index in [2.05, 4.69) is 23.0 Å². The molecule has 1 aliphatic rings. The molecule has 0 aliphatic carbocycles. The number of aryl methyl sites for hydroxylation is 1. The Hall–Kier alpha value is -0.930. The molecule has 0 bridgehead atoms. The Morgan fingerprint density at radius 2 is 2.32 bits per heavy atom. The van der Waals surface area contributed by atoms with E-state index < -0.39 is 0 Å². The van der Waals surface area contributed by atoms with E-state index in [9.17, 15) is 0 Å². The maximum atomic E-state index is 5.77. The SMILES string of the molecule is CN(CCCc1cccnc1)CC[C@@H]1CCCCO1. The van der Waals surface area contributed by atoms with Crippen molar-refractivity contribution in [1.29, 1.82) is 0 Å². The van der Waals surface area contributed by atoms with Crippen molar-refractivity contribution in [2.45, 2.75) is 44.6 Å². The van der Waals surface area contributed by atoms with E-state index >= 15 is 0 Å². The van der Waals surface area contributed by atoms with Crippen molar-refractivity contribution < 1.29 is 4.74 Å². The van der Waals surface area contributed by atoms with Crippen molar-refractivity contribution in [3.63, 3.8) is 0 Å². The second-order valence-corrected chi connectivity index (χ2v) is 5.55. The first kappa shape index (κ1) is 14.5. The van der Waals surface area contributed by atoms with Gasteiger partial charge in [0.1, 0.15) is 0 Å². The lowest BCUT2D eigenvalue weighted by Crippen LogP contribution is -2.27. The number of pyridine rings is 1. The molecule has 0 aromatic carbocycles. The molecule has 1 saturated heterocycles.